The smallest absolute Gasteiger partial charge is 0.215 e. The van der Waals surface area contributed by atoms with Crippen LogP contribution >= 0.6 is 0 Å². The van der Waals surface area contributed by atoms with E-state index >= 15 is 0 Å². The second kappa shape index (κ2) is 4.36. The predicted octanol–water partition coefficient (Wildman–Crippen LogP) is -1.53. The van der Waals surface area contributed by atoms with Crippen molar-refractivity contribution in [1.82, 2.24) is 9.44 Å². The van der Waals surface area contributed by atoms with E-state index in [2.05, 4.69) is 4.72 Å². The van der Waals surface area contributed by atoms with Crippen molar-refractivity contribution >= 4 is 20.0 Å². The van der Waals surface area contributed by atoms with Crippen LogP contribution < -0.4 is 9.44 Å². The van der Waals surface area contributed by atoms with Gasteiger partial charge < -0.3 is 0 Å². The fourth-order valence-corrected chi connectivity index (χ4v) is 3.12. The van der Waals surface area contributed by atoms with Crippen molar-refractivity contribution in [3.8, 4) is 0 Å². The van der Waals surface area contributed by atoms with Crippen LogP contribution in [0.25, 0.3) is 0 Å². The van der Waals surface area contributed by atoms with E-state index in [0.717, 1.165) is 0 Å². The molecule has 0 saturated carbocycles. The molecule has 0 aromatic rings. The molecule has 1 atom stereocenters. The van der Waals surface area contributed by atoms with Gasteiger partial charge in [0.25, 0.3) is 0 Å². The van der Waals surface area contributed by atoms with Crippen LogP contribution in [0.3, 0.4) is 0 Å². The zero-order valence-electron chi connectivity index (χ0n) is 7.73. The van der Waals surface area contributed by atoms with Gasteiger partial charge in [-0.15, -0.1) is 0 Å². The number of hydrogen-bond acceptors (Lipinski definition) is 4. The molecule has 0 aliphatic heterocycles. The maximum Gasteiger partial charge on any atom is 0.215 e. The van der Waals surface area contributed by atoms with Gasteiger partial charge in [0.1, 0.15) is 0 Å². The third-order valence-electron chi connectivity index (χ3n) is 1.58. The monoisotopic (exact) mass is 230 g/mol. The molecule has 0 spiro atoms. The first-order valence-electron chi connectivity index (χ1n) is 3.58. The number of hydrogen-bond donors (Lipinski definition) is 2. The van der Waals surface area contributed by atoms with E-state index in [-0.39, 0.29) is 0 Å². The minimum atomic E-state index is -3.51. The summed E-state index contributed by atoms with van der Waals surface area (Å²) in [7, 11) is -4.50. The summed E-state index contributed by atoms with van der Waals surface area (Å²) in [6.45, 7) is 1.33. The summed E-state index contributed by atoms with van der Waals surface area (Å²) in [5, 5.41) is -0.963. The molecule has 13 heavy (non-hydrogen) atoms. The van der Waals surface area contributed by atoms with Gasteiger partial charge in [-0.1, -0.05) is 0 Å². The van der Waals surface area contributed by atoms with Crippen molar-refractivity contribution in [1.29, 1.82) is 0 Å². The molecule has 0 heterocycles. The molecule has 0 bridgehead atoms. The van der Waals surface area contributed by atoms with Gasteiger partial charge in [-0.2, -0.15) is 0 Å². The normalized spacial score (nSPS) is 15.6. The zero-order chi connectivity index (χ0) is 10.7. The van der Waals surface area contributed by atoms with Gasteiger partial charge in [-0.3, -0.25) is 0 Å². The van der Waals surface area contributed by atoms with Gasteiger partial charge in [-0.25, -0.2) is 26.3 Å². The molecule has 0 aliphatic carbocycles. The Kier molecular flexibility index (Phi) is 4.30. The Labute approximate surface area is 78.8 Å². The molecule has 2 N–H and O–H groups in total. The minimum absolute atomic E-state index is 0.438. The molecule has 1 unspecified atom stereocenters. The first-order valence-corrected chi connectivity index (χ1v) is 6.78. The lowest BCUT2D eigenvalue weighted by Gasteiger charge is -2.11. The SMILES string of the molecule is CNS(=O)(=O)CC(C)S(=O)(=O)NC. The van der Waals surface area contributed by atoms with E-state index in [1.54, 1.807) is 0 Å². The predicted molar refractivity (Wildman–Crippen MR) is 50.3 cm³/mol. The van der Waals surface area contributed by atoms with E-state index in [1.807, 2.05) is 4.72 Å². The highest BCUT2D eigenvalue weighted by atomic mass is 32.2. The summed E-state index contributed by atoms with van der Waals surface area (Å²) in [5.74, 6) is -0.438. The molecule has 0 aliphatic rings. The van der Waals surface area contributed by atoms with E-state index in [9.17, 15) is 16.8 Å². The molecule has 0 radical (unpaired) electrons. The average Bonchev–Trinajstić information content (AvgIpc) is 2.04. The van der Waals surface area contributed by atoms with Crippen molar-refractivity contribution in [2.24, 2.45) is 0 Å². The van der Waals surface area contributed by atoms with E-state index in [0.29, 0.717) is 0 Å². The maximum absolute atomic E-state index is 11.1. The Hall–Kier alpha value is -0.180. The molecule has 0 amide bonds. The number of sulfonamides is 2. The Bertz CT molecular complexity index is 345. The van der Waals surface area contributed by atoms with Crippen molar-refractivity contribution in [2.75, 3.05) is 19.8 Å². The molecule has 0 aromatic heterocycles. The van der Waals surface area contributed by atoms with Crippen LogP contribution in [-0.4, -0.2) is 41.9 Å². The molecule has 0 fully saturated rings. The van der Waals surface area contributed by atoms with E-state index in [4.69, 9.17) is 0 Å². The molecule has 0 rings (SSSR count). The van der Waals surface area contributed by atoms with Crippen LogP contribution in [0.1, 0.15) is 6.92 Å². The fraction of sp³-hybridized carbons (Fsp3) is 1.00. The summed E-state index contributed by atoms with van der Waals surface area (Å²) in [5.41, 5.74) is 0. The van der Waals surface area contributed by atoms with Crippen LogP contribution in [0.5, 0.6) is 0 Å². The second-order valence-corrected chi connectivity index (χ2v) is 6.82. The first kappa shape index (κ1) is 12.8. The summed E-state index contributed by atoms with van der Waals surface area (Å²) < 4.78 is 48.2. The van der Waals surface area contributed by atoms with Gasteiger partial charge in [-0.05, 0) is 21.0 Å². The van der Waals surface area contributed by atoms with Gasteiger partial charge in [0, 0.05) is 0 Å². The quantitative estimate of drug-likeness (QED) is 0.599. The Morgan fingerprint density at radius 1 is 1.08 bits per heavy atom. The highest BCUT2D eigenvalue weighted by molar-refractivity contribution is 7.93. The van der Waals surface area contributed by atoms with E-state index < -0.39 is 31.0 Å². The van der Waals surface area contributed by atoms with Crippen LogP contribution in [-0.2, 0) is 20.0 Å². The lowest BCUT2D eigenvalue weighted by atomic mass is 10.6. The van der Waals surface area contributed by atoms with Gasteiger partial charge >= 0.3 is 0 Å². The van der Waals surface area contributed by atoms with Gasteiger partial charge in [0.2, 0.25) is 20.0 Å². The summed E-state index contributed by atoms with van der Waals surface area (Å²) in [6, 6.07) is 0. The standard InChI is InChI=1S/C5H14N2O4S2/c1-5(13(10,11)7-3)4-12(8,9)6-2/h5-7H,4H2,1-3H3. The molecule has 0 saturated heterocycles. The van der Waals surface area contributed by atoms with Crippen LogP contribution in [0, 0.1) is 0 Å². The molecule has 8 heteroatoms. The first-order chi connectivity index (χ1) is 5.75. The van der Waals surface area contributed by atoms with Crippen molar-refractivity contribution in [3.63, 3.8) is 0 Å². The average molecular weight is 230 g/mol. The fourth-order valence-electron chi connectivity index (χ4n) is 0.683. The minimum Gasteiger partial charge on any atom is -0.218 e. The Morgan fingerprint density at radius 2 is 1.54 bits per heavy atom. The highest BCUT2D eigenvalue weighted by Crippen LogP contribution is 2.00. The second-order valence-electron chi connectivity index (χ2n) is 2.55. The summed E-state index contributed by atoms with van der Waals surface area (Å²) >= 11 is 0. The lowest BCUT2D eigenvalue weighted by Crippen LogP contribution is -2.37. The summed E-state index contributed by atoms with van der Waals surface area (Å²) in [4.78, 5) is 0. The molecule has 80 valence electrons. The third-order valence-corrected chi connectivity index (χ3v) is 5.15. The van der Waals surface area contributed by atoms with Crippen LogP contribution in [0.2, 0.25) is 0 Å². The van der Waals surface area contributed by atoms with Crippen LogP contribution in [0.15, 0.2) is 0 Å². The Balaban J connectivity index is 4.60. The topological polar surface area (TPSA) is 92.3 Å². The van der Waals surface area contributed by atoms with Crippen molar-refractivity contribution < 1.29 is 16.8 Å². The Morgan fingerprint density at radius 3 is 1.85 bits per heavy atom. The molecule has 6 nitrogen and oxygen atoms in total. The number of rotatable bonds is 5. The summed E-state index contributed by atoms with van der Waals surface area (Å²) in [6.07, 6.45) is 0. The maximum atomic E-state index is 11.1. The largest absolute Gasteiger partial charge is 0.218 e. The third kappa shape index (κ3) is 4.03. The lowest BCUT2D eigenvalue weighted by molar-refractivity contribution is 0.568. The molecular weight excluding hydrogens is 216 g/mol. The highest BCUT2D eigenvalue weighted by Gasteiger charge is 2.24. The number of nitrogens with one attached hydrogen (secondary N) is 2. The van der Waals surface area contributed by atoms with Gasteiger partial charge in [0.05, 0.1) is 11.0 Å². The van der Waals surface area contributed by atoms with E-state index in [1.165, 1.54) is 21.0 Å². The molecular formula is C5H14N2O4S2. The molecule has 0 aromatic carbocycles. The van der Waals surface area contributed by atoms with Crippen molar-refractivity contribution in [2.45, 2.75) is 12.2 Å². The van der Waals surface area contributed by atoms with Crippen LogP contribution in [0.4, 0.5) is 0 Å². The zero-order valence-corrected chi connectivity index (χ0v) is 9.37. The van der Waals surface area contributed by atoms with Gasteiger partial charge in [0.15, 0.2) is 0 Å². The van der Waals surface area contributed by atoms with Crippen molar-refractivity contribution in [3.05, 3.63) is 0 Å².